The van der Waals surface area contributed by atoms with Crippen LogP contribution in [0.25, 0.3) is 0 Å². The molecule has 24 heavy (non-hydrogen) atoms. The summed E-state index contributed by atoms with van der Waals surface area (Å²) < 4.78 is 0. The van der Waals surface area contributed by atoms with Crippen LogP contribution in [0.5, 0.6) is 0 Å². The van der Waals surface area contributed by atoms with Crippen LogP contribution in [0.4, 0.5) is 11.4 Å². The van der Waals surface area contributed by atoms with Gasteiger partial charge in [0.2, 0.25) is 5.91 Å². The molecule has 0 saturated heterocycles. The van der Waals surface area contributed by atoms with Gasteiger partial charge in [0, 0.05) is 11.2 Å². The van der Waals surface area contributed by atoms with E-state index in [0.29, 0.717) is 16.9 Å². The van der Waals surface area contributed by atoms with Crippen LogP contribution in [0.3, 0.4) is 0 Å². The zero-order chi connectivity index (χ0) is 17.6. The van der Waals surface area contributed by atoms with Crippen LogP contribution >= 0.6 is 0 Å². The summed E-state index contributed by atoms with van der Waals surface area (Å²) in [6.07, 6.45) is 0. The molecule has 0 bridgehead atoms. The van der Waals surface area contributed by atoms with Gasteiger partial charge in [0.25, 0.3) is 5.91 Å². The number of carbonyl (C=O) groups excluding carboxylic acids is 2. The average Bonchev–Trinajstić information content (AvgIpc) is 2.54. The molecular weight excluding hydrogens is 302 g/mol. The lowest BCUT2D eigenvalue weighted by Crippen LogP contribution is -2.41. The number of hydrogen-bond donors (Lipinski definition) is 3. The van der Waals surface area contributed by atoms with Gasteiger partial charge in [-0.2, -0.15) is 0 Å². The molecule has 5 heteroatoms. The van der Waals surface area contributed by atoms with Gasteiger partial charge < -0.3 is 16.0 Å². The predicted octanol–water partition coefficient (Wildman–Crippen LogP) is 3.27. The van der Waals surface area contributed by atoms with E-state index in [1.807, 2.05) is 51.1 Å². The van der Waals surface area contributed by atoms with Crippen molar-refractivity contribution in [1.82, 2.24) is 5.32 Å². The normalized spacial score (nSPS) is 11.0. The summed E-state index contributed by atoms with van der Waals surface area (Å²) in [6.45, 7) is 6.14. The zero-order valence-corrected chi connectivity index (χ0v) is 14.2. The Morgan fingerprint density at radius 2 is 1.50 bits per heavy atom. The first kappa shape index (κ1) is 17.7. The monoisotopic (exact) mass is 325 g/mol. The maximum atomic E-state index is 12.5. The molecule has 0 aliphatic carbocycles. The Kier molecular flexibility index (Phi) is 5.71. The van der Waals surface area contributed by atoms with E-state index < -0.39 is 0 Å². The van der Waals surface area contributed by atoms with Crippen molar-refractivity contribution in [3.8, 4) is 0 Å². The van der Waals surface area contributed by atoms with Crippen molar-refractivity contribution in [2.24, 2.45) is 0 Å². The summed E-state index contributed by atoms with van der Waals surface area (Å²) in [5.41, 5.74) is 1.47. The largest absolute Gasteiger partial charge is 0.324 e. The van der Waals surface area contributed by atoms with Crippen LogP contribution < -0.4 is 16.0 Å². The average molecular weight is 325 g/mol. The molecule has 3 N–H and O–H groups in total. The van der Waals surface area contributed by atoms with Gasteiger partial charge >= 0.3 is 0 Å². The number of anilines is 2. The molecule has 0 spiro atoms. The fourth-order valence-electron chi connectivity index (χ4n) is 2.05. The smallest absolute Gasteiger partial charge is 0.257 e. The third kappa shape index (κ3) is 5.52. The maximum Gasteiger partial charge on any atom is 0.257 e. The Bertz CT molecular complexity index is 706. The Labute approximate surface area is 142 Å². The highest BCUT2D eigenvalue weighted by Crippen LogP contribution is 2.17. The number of carbonyl (C=O) groups is 2. The summed E-state index contributed by atoms with van der Waals surface area (Å²) in [5.74, 6) is -0.453. The molecule has 2 rings (SSSR count). The maximum absolute atomic E-state index is 12.5. The molecule has 0 unspecified atom stereocenters. The van der Waals surface area contributed by atoms with Crippen LogP contribution in [0.2, 0.25) is 0 Å². The second-order valence-corrected chi connectivity index (χ2v) is 6.52. The minimum Gasteiger partial charge on any atom is -0.324 e. The topological polar surface area (TPSA) is 70.2 Å². The molecule has 0 saturated carbocycles. The summed E-state index contributed by atoms with van der Waals surface area (Å²) in [4.78, 5) is 24.5. The third-order valence-corrected chi connectivity index (χ3v) is 3.26. The molecule has 0 heterocycles. The van der Waals surface area contributed by atoms with Crippen molar-refractivity contribution in [1.29, 1.82) is 0 Å². The number of para-hydroxylation sites is 2. The summed E-state index contributed by atoms with van der Waals surface area (Å²) >= 11 is 0. The lowest BCUT2D eigenvalue weighted by molar-refractivity contribution is -0.115. The standard InChI is InChI=1S/C19H23N3O2/c1-19(2,3)20-13-17(23)22-16-12-8-7-11-15(16)18(24)21-14-9-5-4-6-10-14/h4-12,20H,13H2,1-3H3,(H,21,24)(H,22,23). The van der Waals surface area contributed by atoms with E-state index in [9.17, 15) is 9.59 Å². The SMILES string of the molecule is CC(C)(C)NCC(=O)Nc1ccccc1C(=O)Nc1ccccc1. The summed E-state index contributed by atoms with van der Waals surface area (Å²) in [6, 6.07) is 16.2. The van der Waals surface area contributed by atoms with E-state index >= 15 is 0 Å². The molecule has 5 nitrogen and oxygen atoms in total. The highest BCUT2D eigenvalue weighted by Gasteiger charge is 2.15. The lowest BCUT2D eigenvalue weighted by Gasteiger charge is -2.20. The minimum atomic E-state index is -0.263. The first-order valence-electron chi connectivity index (χ1n) is 7.85. The molecule has 0 radical (unpaired) electrons. The third-order valence-electron chi connectivity index (χ3n) is 3.26. The fourth-order valence-corrected chi connectivity index (χ4v) is 2.05. The van der Waals surface area contributed by atoms with Gasteiger partial charge in [0.15, 0.2) is 0 Å². The van der Waals surface area contributed by atoms with Gasteiger partial charge in [-0.3, -0.25) is 9.59 Å². The van der Waals surface area contributed by atoms with E-state index in [2.05, 4.69) is 16.0 Å². The van der Waals surface area contributed by atoms with Gasteiger partial charge in [-0.1, -0.05) is 30.3 Å². The molecule has 126 valence electrons. The molecule has 2 aromatic rings. The van der Waals surface area contributed by atoms with E-state index in [-0.39, 0.29) is 23.9 Å². The molecule has 0 aliphatic heterocycles. The van der Waals surface area contributed by atoms with E-state index in [4.69, 9.17) is 0 Å². The predicted molar refractivity (Wildman–Crippen MR) is 97.2 cm³/mol. The van der Waals surface area contributed by atoms with Crippen molar-refractivity contribution < 1.29 is 9.59 Å². The van der Waals surface area contributed by atoms with E-state index in [1.165, 1.54) is 0 Å². The minimum absolute atomic E-state index is 0.151. The van der Waals surface area contributed by atoms with Crippen LogP contribution in [-0.4, -0.2) is 23.9 Å². The van der Waals surface area contributed by atoms with E-state index in [1.54, 1.807) is 24.3 Å². The molecular formula is C19H23N3O2. The van der Waals surface area contributed by atoms with Crippen molar-refractivity contribution in [3.63, 3.8) is 0 Å². The quantitative estimate of drug-likeness (QED) is 0.790. The number of nitrogens with one attached hydrogen (secondary N) is 3. The number of rotatable bonds is 5. The highest BCUT2D eigenvalue weighted by atomic mass is 16.2. The fraction of sp³-hybridized carbons (Fsp3) is 0.263. The molecule has 0 aliphatic rings. The van der Waals surface area contributed by atoms with E-state index in [0.717, 1.165) is 0 Å². The Hall–Kier alpha value is -2.66. The Morgan fingerprint density at radius 1 is 0.875 bits per heavy atom. The molecule has 2 aromatic carbocycles. The molecule has 0 atom stereocenters. The lowest BCUT2D eigenvalue weighted by atomic mass is 10.1. The van der Waals surface area contributed by atoms with Crippen molar-refractivity contribution in [2.75, 3.05) is 17.2 Å². The van der Waals surface area contributed by atoms with Gasteiger partial charge in [-0.15, -0.1) is 0 Å². The van der Waals surface area contributed by atoms with Gasteiger partial charge in [0.1, 0.15) is 0 Å². The second kappa shape index (κ2) is 7.75. The Balaban J connectivity index is 2.07. The van der Waals surface area contributed by atoms with Crippen LogP contribution in [0, 0.1) is 0 Å². The number of hydrogen-bond acceptors (Lipinski definition) is 3. The first-order valence-corrected chi connectivity index (χ1v) is 7.85. The Morgan fingerprint density at radius 3 is 2.17 bits per heavy atom. The molecule has 0 aromatic heterocycles. The molecule has 2 amide bonds. The number of amides is 2. The van der Waals surface area contributed by atoms with Gasteiger partial charge in [0.05, 0.1) is 17.8 Å². The van der Waals surface area contributed by atoms with Crippen molar-refractivity contribution in [2.45, 2.75) is 26.3 Å². The summed E-state index contributed by atoms with van der Waals surface area (Å²) in [5, 5.41) is 8.73. The first-order chi connectivity index (χ1) is 11.3. The summed E-state index contributed by atoms with van der Waals surface area (Å²) in [7, 11) is 0. The highest BCUT2D eigenvalue weighted by molar-refractivity contribution is 6.10. The zero-order valence-electron chi connectivity index (χ0n) is 14.2. The second-order valence-electron chi connectivity index (χ2n) is 6.52. The van der Waals surface area contributed by atoms with Crippen LogP contribution in [0.15, 0.2) is 54.6 Å². The van der Waals surface area contributed by atoms with Crippen molar-refractivity contribution >= 4 is 23.2 Å². The van der Waals surface area contributed by atoms with Crippen LogP contribution in [0.1, 0.15) is 31.1 Å². The molecule has 0 fully saturated rings. The van der Waals surface area contributed by atoms with Crippen LogP contribution in [-0.2, 0) is 4.79 Å². The van der Waals surface area contributed by atoms with Gasteiger partial charge in [-0.05, 0) is 45.0 Å². The number of benzene rings is 2. The van der Waals surface area contributed by atoms with Crippen molar-refractivity contribution in [3.05, 3.63) is 60.2 Å². The van der Waals surface area contributed by atoms with Gasteiger partial charge in [-0.25, -0.2) is 0 Å².